The van der Waals surface area contributed by atoms with E-state index in [1.54, 1.807) is 0 Å². The smallest absolute Gasteiger partial charge is 0.138 e. The predicted molar refractivity (Wildman–Crippen MR) is 272 cm³/mol. The van der Waals surface area contributed by atoms with Gasteiger partial charge in [0, 0.05) is 60.0 Å². The molecule has 306 valence electrons. The molecule has 5 heterocycles. The van der Waals surface area contributed by atoms with Crippen molar-refractivity contribution in [3.63, 3.8) is 0 Å². The lowest BCUT2D eigenvalue weighted by molar-refractivity contribution is 1.05. The Labute approximate surface area is 378 Å². The predicted octanol–water partition coefficient (Wildman–Crippen LogP) is 15.0. The fourth-order valence-corrected chi connectivity index (χ4v) is 10.8. The van der Waals surface area contributed by atoms with Crippen LogP contribution >= 0.6 is 0 Å². The molecule has 0 N–H and O–H groups in total. The third kappa shape index (κ3) is 5.14. The summed E-state index contributed by atoms with van der Waals surface area (Å²) in [7, 11) is 0. The van der Waals surface area contributed by atoms with Crippen LogP contribution in [0.1, 0.15) is 5.56 Å². The molecular weight excluding hydrogens is 805 g/mol. The highest BCUT2D eigenvalue weighted by Crippen LogP contribution is 2.41. The molecule has 0 aliphatic carbocycles. The summed E-state index contributed by atoms with van der Waals surface area (Å²) in [4.78, 5) is 5.37. The molecule has 14 rings (SSSR count). The van der Waals surface area contributed by atoms with E-state index in [0.717, 1.165) is 77.6 Å². The summed E-state index contributed by atoms with van der Waals surface area (Å²) in [5.74, 6) is 0.809. The molecule has 0 spiro atoms. The van der Waals surface area contributed by atoms with Crippen LogP contribution in [-0.2, 0) is 0 Å². The lowest BCUT2D eigenvalue weighted by Crippen LogP contribution is -2.03. The average Bonchev–Trinajstić information content (AvgIpc) is 4.11. The summed E-state index contributed by atoms with van der Waals surface area (Å²) >= 11 is 0. The fraction of sp³-hybridized carbons (Fsp3) is 0. The second kappa shape index (κ2) is 13.9. The first kappa shape index (κ1) is 36.3. The van der Waals surface area contributed by atoms with Crippen LogP contribution in [0.5, 0.6) is 0 Å². The van der Waals surface area contributed by atoms with Gasteiger partial charge in [-0.05, 0) is 96.6 Å². The molecule has 0 fully saturated rings. The molecule has 66 heavy (non-hydrogen) atoms. The van der Waals surface area contributed by atoms with Crippen molar-refractivity contribution in [3.8, 4) is 40.1 Å². The third-order valence-electron chi connectivity index (χ3n) is 13.7. The first-order valence-electron chi connectivity index (χ1n) is 22.3. The topological polar surface area (TPSA) is 56.4 Å². The second-order valence-electron chi connectivity index (χ2n) is 17.1. The maximum absolute atomic E-state index is 9.83. The molecule has 14 aromatic rings. The highest BCUT2D eigenvalue weighted by Gasteiger charge is 2.22. The van der Waals surface area contributed by atoms with E-state index in [9.17, 15) is 5.26 Å². The normalized spacial score (nSPS) is 11.9. The summed E-state index contributed by atoms with van der Waals surface area (Å²) < 4.78 is 9.41. The molecule has 0 saturated carbocycles. The number of nitriles is 1. The molecule has 6 nitrogen and oxygen atoms in total. The van der Waals surface area contributed by atoms with Gasteiger partial charge in [0.15, 0.2) is 0 Å². The van der Waals surface area contributed by atoms with Crippen LogP contribution in [0.25, 0.3) is 121 Å². The number of rotatable bonds is 5. The van der Waals surface area contributed by atoms with Crippen LogP contribution in [-0.4, -0.2) is 23.3 Å². The third-order valence-corrected chi connectivity index (χ3v) is 13.7. The van der Waals surface area contributed by atoms with Gasteiger partial charge in [0.1, 0.15) is 5.82 Å². The summed E-state index contributed by atoms with van der Waals surface area (Å²) in [5, 5.41) is 19.4. The number of pyridine rings is 1. The van der Waals surface area contributed by atoms with Gasteiger partial charge in [-0.1, -0.05) is 121 Å². The van der Waals surface area contributed by atoms with Crippen LogP contribution in [0, 0.1) is 11.3 Å². The standard InChI is InChI=1S/C60H36N6/c61-36-38-25-27-39(28-26-38)48-35-60(66-56-24-12-6-18-47(56)50-34-41(30-32-58(50)66)64-53-21-9-3-15-44(53)45-16-4-10-22-54(45)64)62-37-59(48)65-55-23-11-5-17-46(55)49-33-40(29-31-57(49)65)63-51-19-7-1-13-42(51)43-14-2-8-20-52(43)63/h1-35,37H. The van der Waals surface area contributed by atoms with Crippen molar-refractivity contribution in [2.75, 3.05) is 0 Å². The van der Waals surface area contributed by atoms with Gasteiger partial charge in [0.25, 0.3) is 0 Å². The largest absolute Gasteiger partial charge is 0.309 e. The van der Waals surface area contributed by atoms with Crippen molar-refractivity contribution in [2.45, 2.75) is 0 Å². The van der Waals surface area contributed by atoms with Crippen LogP contribution < -0.4 is 0 Å². The van der Waals surface area contributed by atoms with E-state index in [0.29, 0.717) is 5.56 Å². The lowest BCUT2D eigenvalue weighted by atomic mass is 10.0. The number of hydrogen-bond donors (Lipinski definition) is 0. The molecule has 0 bridgehead atoms. The van der Waals surface area contributed by atoms with E-state index in [4.69, 9.17) is 4.98 Å². The number of para-hydroxylation sites is 6. The molecule has 0 atom stereocenters. The number of nitrogens with zero attached hydrogens (tertiary/aromatic N) is 6. The van der Waals surface area contributed by atoms with Crippen molar-refractivity contribution < 1.29 is 0 Å². The fourth-order valence-electron chi connectivity index (χ4n) is 10.8. The molecule has 0 saturated heterocycles. The van der Waals surface area contributed by atoms with Gasteiger partial charge in [-0.3, -0.25) is 4.57 Å². The van der Waals surface area contributed by atoms with E-state index in [1.807, 2.05) is 18.3 Å². The summed E-state index contributed by atoms with van der Waals surface area (Å²) in [6.45, 7) is 0. The van der Waals surface area contributed by atoms with Crippen molar-refractivity contribution in [1.82, 2.24) is 23.3 Å². The minimum absolute atomic E-state index is 0.616. The zero-order valence-electron chi connectivity index (χ0n) is 35.5. The molecule has 0 aliphatic rings. The number of aromatic nitrogens is 5. The molecule has 6 heteroatoms. The van der Waals surface area contributed by atoms with Gasteiger partial charge in [-0.25, -0.2) is 4.98 Å². The van der Waals surface area contributed by atoms with E-state index < -0.39 is 0 Å². The second-order valence-corrected chi connectivity index (χ2v) is 17.1. The van der Waals surface area contributed by atoms with Crippen LogP contribution in [0.15, 0.2) is 219 Å². The Morgan fingerprint density at radius 3 is 1.14 bits per heavy atom. The minimum atomic E-state index is 0.616. The lowest BCUT2D eigenvalue weighted by Gasteiger charge is -2.17. The summed E-state index contributed by atoms with van der Waals surface area (Å²) in [6, 6.07) is 78.0. The van der Waals surface area contributed by atoms with Crippen molar-refractivity contribution in [3.05, 3.63) is 224 Å². The van der Waals surface area contributed by atoms with Gasteiger partial charge in [-0.2, -0.15) is 5.26 Å². The molecule has 0 unspecified atom stereocenters. The molecule has 0 amide bonds. The Morgan fingerprint density at radius 2 is 0.697 bits per heavy atom. The number of hydrogen-bond acceptors (Lipinski definition) is 2. The van der Waals surface area contributed by atoms with E-state index >= 15 is 0 Å². The van der Waals surface area contributed by atoms with E-state index in [2.05, 4.69) is 225 Å². The van der Waals surface area contributed by atoms with Crippen LogP contribution in [0.3, 0.4) is 0 Å². The Hall–Kier alpha value is -9.18. The first-order valence-corrected chi connectivity index (χ1v) is 22.3. The summed E-state index contributed by atoms with van der Waals surface area (Å²) in [6.07, 6.45) is 2.03. The zero-order valence-corrected chi connectivity index (χ0v) is 35.5. The van der Waals surface area contributed by atoms with Gasteiger partial charge in [0.2, 0.25) is 0 Å². The van der Waals surface area contributed by atoms with Gasteiger partial charge >= 0.3 is 0 Å². The molecule has 0 aliphatic heterocycles. The monoisotopic (exact) mass is 840 g/mol. The molecule has 0 radical (unpaired) electrons. The molecule has 5 aromatic heterocycles. The minimum Gasteiger partial charge on any atom is -0.309 e. The Morgan fingerprint density at radius 1 is 0.333 bits per heavy atom. The van der Waals surface area contributed by atoms with Gasteiger partial charge in [-0.15, -0.1) is 0 Å². The van der Waals surface area contributed by atoms with E-state index in [-0.39, 0.29) is 0 Å². The maximum Gasteiger partial charge on any atom is 0.138 e. The van der Waals surface area contributed by atoms with Crippen LogP contribution in [0.4, 0.5) is 0 Å². The molecule has 9 aromatic carbocycles. The quantitative estimate of drug-likeness (QED) is 0.173. The zero-order chi connectivity index (χ0) is 43.5. The Kier molecular flexibility index (Phi) is 7.65. The van der Waals surface area contributed by atoms with E-state index in [1.165, 1.54) is 43.6 Å². The Bertz CT molecular complexity index is 4250. The Balaban J connectivity index is 0.993. The van der Waals surface area contributed by atoms with Gasteiger partial charge in [0.05, 0.1) is 67.7 Å². The first-order chi connectivity index (χ1) is 32.7. The summed E-state index contributed by atoms with van der Waals surface area (Å²) in [5.41, 5.74) is 14.8. The number of fused-ring (bicyclic) bond motifs is 12. The SMILES string of the molecule is N#Cc1ccc(-c2cc(-n3c4ccccc4c4cc(-n5c6ccccc6c6ccccc65)ccc43)ncc2-n2c3ccccc3c3cc(-n4c5ccccc5c5ccccc54)ccc32)cc1. The highest BCUT2D eigenvalue weighted by molar-refractivity contribution is 6.14. The van der Waals surface area contributed by atoms with Crippen LogP contribution in [0.2, 0.25) is 0 Å². The van der Waals surface area contributed by atoms with Crippen molar-refractivity contribution in [2.24, 2.45) is 0 Å². The van der Waals surface area contributed by atoms with Crippen molar-refractivity contribution in [1.29, 1.82) is 5.26 Å². The molecular formula is C60H36N6. The maximum atomic E-state index is 9.83. The average molecular weight is 841 g/mol. The number of benzene rings is 9. The highest BCUT2D eigenvalue weighted by atomic mass is 15.1. The van der Waals surface area contributed by atoms with Crippen molar-refractivity contribution >= 4 is 87.2 Å². The van der Waals surface area contributed by atoms with Gasteiger partial charge < -0.3 is 13.7 Å².